The molecule has 5 rings (SSSR count). The Kier molecular flexibility index (Phi) is 2.30. The van der Waals surface area contributed by atoms with Crippen LogP contribution in [0.2, 0.25) is 0 Å². The van der Waals surface area contributed by atoms with Gasteiger partial charge in [0.15, 0.2) is 0 Å². The number of aromatic nitrogens is 3. The van der Waals surface area contributed by atoms with E-state index >= 15 is 0 Å². The second-order valence-corrected chi connectivity index (χ2v) is 8.64. The largest absolute Gasteiger partial charge is 0.369 e. The van der Waals surface area contributed by atoms with Crippen LogP contribution in [0.1, 0.15) is 58.2 Å². The van der Waals surface area contributed by atoms with Crippen molar-refractivity contribution >= 4 is 18.2 Å². The molecule has 0 aromatic carbocycles. The molecular weight excluding hydrogens is 268 g/mol. The lowest BCUT2D eigenvalue weighted by Crippen LogP contribution is -2.57. The van der Waals surface area contributed by atoms with Gasteiger partial charge in [-0.25, -0.2) is 4.98 Å². The molecule has 4 aliphatic carbocycles. The molecular formula is C15H22N4S. The van der Waals surface area contributed by atoms with E-state index in [0.717, 1.165) is 11.7 Å². The number of hydrogen-bond acceptors (Lipinski definition) is 4. The highest BCUT2D eigenvalue weighted by atomic mass is 32.1. The minimum absolute atomic E-state index is 0.146. The van der Waals surface area contributed by atoms with E-state index in [4.69, 9.17) is 18.0 Å². The molecule has 20 heavy (non-hydrogen) atoms. The van der Waals surface area contributed by atoms with E-state index in [1.54, 1.807) is 0 Å². The maximum Gasteiger partial charge on any atom is 0.224 e. The fourth-order valence-corrected chi connectivity index (χ4v) is 6.55. The zero-order valence-electron chi connectivity index (χ0n) is 12.2. The van der Waals surface area contributed by atoms with Crippen LogP contribution in [0.15, 0.2) is 0 Å². The summed E-state index contributed by atoms with van der Waals surface area (Å²) in [7, 11) is 0. The number of aromatic amines is 1. The lowest BCUT2D eigenvalue weighted by atomic mass is 9.40. The number of nitrogens with zero attached hydrogens (tertiary/aromatic N) is 2. The Hall–Kier alpha value is -0.970. The first kappa shape index (κ1) is 12.7. The first-order valence-electron chi connectivity index (χ1n) is 7.54. The van der Waals surface area contributed by atoms with Crippen molar-refractivity contribution in [2.75, 3.05) is 5.73 Å². The third-order valence-corrected chi connectivity index (χ3v) is 5.98. The zero-order valence-corrected chi connectivity index (χ0v) is 13.0. The Morgan fingerprint density at radius 2 is 1.75 bits per heavy atom. The van der Waals surface area contributed by atoms with Crippen LogP contribution in [-0.4, -0.2) is 15.0 Å². The summed E-state index contributed by atoms with van der Waals surface area (Å²) in [4.78, 5) is 11.8. The van der Waals surface area contributed by atoms with Crippen LogP contribution in [0.25, 0.3) is 0 Å². The predicted molar refractivity (Wildman–Crippen MR) is 80.7 cm³/mol. The van der Waals surface area contributed by atoms with E-state index in [0.29, 0.717) is 21.5 Å². The maximum atomic E-state index is 5.87. The fraction of sp³-hybridized carbons (Fsp3) is 0.800. The highest BCUT2D eigenvalue weighted by Gasteiger charge is 2.61. The molecule has 1 aromatic heterocycles. The lowest BCUT2D eigenvalue weighted by Gasteiger charge is -2.64. The second-order valence-electron chi connectivity index (χ2n) is 8.28. The minimum Gasteiger partial charge on any atom is -0.369 e. The van der Waals surface area contributed by atoms with Crippen molar-refractivity contribution in [1.29, 1.82) is 0 Å². The third kappa shape index (κ3) is 1.75. The van der Waals surface area contributed by atoms with Crippen molar-refractivity contribution in [3.8, 4) is 0 Å². The molecule has 108 valence electrons. The van der Waals surface area contributed by atoms with Crippen LogP contribution >= 0.6 is 12.2 Å². The van der Waals surface area contributed by atoms with E-state index in [-0.39, 0.29) is 5.41 Å². The first-order valence-corrected chi connectivity index (χ1v) is 7.95. The molecule has 2 atom stereocenters. The summed E-state index contributed by atoms with van der Waals surface area (Å²) in [5, 5.41) is 0. The Bertz CT molecular complexity index is 619. The number of anilines is 1. The van der Waals surface area contributed by atoms with Gasteiger partial charge in [0.05, 0.1) is 0 Å². The maximum absolute atomic E-state index is 5.87. The van der Waals surface area contributed by atoms with E-state index in [9.17, 15) is 0 Å². The molecule has 3 N–H and O–H groups in total. The monoisotopic (exact) mass is 290 g/mol. The quantitative estimate of drug-likeness (QED) is 0.778. The normalized spacial score (nSPS) is 45.8. The van der Waals surface area contributed by atoms with Crippen LogP contribution < -0.4 is 5.73 Å². The minimum atomic E-state index is 0.146. The van der Waals surface area contributed by atoms with Gasteiger partial charge in [-0.15, -0.1) is 0 Å². The summed E-state index contributed by atoms with van der Waals surface area (Å²) in [5.41, 5.74) is 6.94. The molecule has 0 radical (unpaired) electrons. The molecule has 4 nitrogen and oxygen atoms in total. The zero-order chi connectivity index (χ0) is 14.2. The third-order valence-electron chi connectivity index (χ3n) is 5.80. The number of nitrogen functional groups attached to an aromatic ring is 1. The molecule has 4 bridgehead atoms. The smallest absolute Gasteiger partial charge is 0.224 e. The molecule has 0 amide bonds. The van der Waals surface area contributed by atoms with Crippen molar-refractivity contribution in [1.82, 2.24) is 15.0 Å². The van der Waals surface area contributed by atoms with E-state index in [1.807, 2.05) is 0 Å². The topological polar surface area (TPSA) is 67.6 Å². The van der Waals surface area contributed by atoms with Crippen molar-refractivity contribution in [2.24, 2.45) is 16.7 Å². The van der Waals surface area contributed by atoms with E-state index in [2.05, 4.69) is 28.8 Å². The fourth-order valence-electron chi connectivity index (χ4n) is 6.36. The van der Waals surface area contributed by atoms with Gasteiger partial charge < -0.3 is 10.7 Å². The summed E-state index contributed by atoms with van der Waals surface area (Å²) in [6, 6.07) is 0. The van der Waals surface area contributed by atoms with Crippen molar-refractivity contribution < 1.29 is 0 Å². The number of hydrogen-bond donors (Lipinski definition) is 2. The average Bonchev–Trinajstić information content (AvgIpc) is 2.22. The molecule has 2 unspecified atom stereocenters. The molecule has 5 heteroatoms. The van der Waals surface area contributed by atoms with Gasteiger partial charge in [-0.3, -0.25) is 0 Å². The summed E-state index contributed by atoms with van der Waals surface area (Å²) >= 11 is 5.18. The van der Waals surface area contributed by atoms with Crippen molar-refractivity contribution in [2.45, 2.75) is 57.8 Å². The van der Waals surface area contributed by atoms with Gasteiger partial charge in [-0.2, -0.15) is 4.98 Å². The van der Waals surface area contributed by atoms with Crippen LogP contribution in [0.4, 0.5) is 5.95 Å². The lowest BCUT2D eigenvalue weighted by molar-refractivity contribution is -0.112. The van der Waals surface area contributed by atoms with E-state index in [1.165, 1.54) is 38.5 Å². The van der Waals surface area contributed by atoms with Crippen LogP contribution in [0, 0.1) is 21.5 Å². The van der Waals surface area contributed by atoms with Gasteiger partial charge in [0.25, 0.3) is 0 Å². The van der Waals surface area contributed by atoms with Crippen LogP contribution in [0.3, 0.4) is 0 Å². The Morgan fingerprint density at radius 3 is 2.30 bits per heavy atom. The molecule has 0 spiro atoms. The van der Waals surface area contributed by atoms with Gasteiger partial charge in [-0.05, 0) is 67.5 Å². The van der Waals surface area contributed by atoms with Crippen LogP contribution in [-0.2, 0) is 5.41 Å². The molecule has 1 heterocycles. The average molecular weight is 290 g/mol. The molecule has 4 aliphatic rings. The van der Waals surface area contributed by atoms with Gasteiger partial charge in [0.2, 0.25) is 10.7 Å². The molecule has 0 saturated heterocycles. The number of nitrogens with two attached hydrogens (primary N) is 1. The summed E-state index contributed by atoms with van der Waals surface area (Å²) in [5.74, 6) is 2.24. The Labute approximate surface area is 124 Å². The second kappa shape index (κ2) is 3.62. The number of rotatable bonds is 1. The standard InChI is InChI=1S/C15H22N4S/c1-13-3-9-4-14(2,6-13)8-15(5-9,7-13)10-17-11(16)19-12(20)18-10/h9H,3-8H2,1-2H3,(H3,16,17,18,19,20). The van der Waals surface area contributed by atoms with Gasteiger partial charge in [0, 0.05) is 5.41 Å². The molecule has 4 saturated carbocycles. The summed E-state index contributed by atoms with van der Waals surface area (Å²) in [6.07, 6.45) is 7.79. The number of nitrogens with one attached hydrogen (secondary N) is 1. The first-order chi connectivity index (χ1) is 9.30. The van der Waals surface area contributed by atoms with E-state index < -0.39 is 0 Å². The molecule has 4 fully saturated rings. The van der Waals surface area contributed by atoms with Crippen LogP contribution in [0.5, 0.6) is 0 Å². The Morgan fingerprint density at radius 1 is 1.10 bits per heavy atom. The number of H-pyrrole nitrogens is 1. The molecule has 0 aliphatic heterocycles. The highest BCUT2D eigenvalue weighted by molar-refractivity contribution is 7.71. The van der Waals surface area contributed by atoms with Gasteiger partial charge >= 0.3 is 0 Å². The predicted octanol–water partition coefficient (Wildman–Crippen LogP) is 3.36. The summed E-state index contributed by atoms with van der Waals surface area (Å²) < 4.78 is 0.377. The Balaban J connectivity index is 1.86. The SMILES string of the molecule is CC12CC3CC(C)(C1)CC(c1nc(=S)nc(N)[nH]1)(C3)C2. The molecule has 1 aromatic rings. The highest BCUT2D eigenvalue weighted by Crippen LogP contribution is 2.69. The van der Waals surface area contributed by atoms with Gasteiger partial charge in [-0.1, -0.05) is 13.8 Å². The van der Waals surface area contributed by atoms with Crippen molar-refractivity contribution in [3.63, 3.8) is 0 Å². The van der Waals surface area contributed by atoms with Crippen molar-refractivity contribution in [3.05, 3.63) is 10.6 Å². The van der Waals surface area contributed by atoms with Gasteiger partial charge in [0.1, 0.15) is 5.82 Å². The summed E-state index contributed by atoms with van der Waals surface area (Å²) in [6.45, 7) is 4.92.